The third kappa shape index (κ3) is 3.92. The van der Waals surface area contributed by atoms with Crippen LogP contribution in [0.4, 0.5) is 5.69 Å². The third-order valence-electron chi connectivity index (χ3n) is 4.16. The molecule has 0 saturated heterocycles. The molecular formula is C20H21N3O4. The lowest BCUT2D eigenvalue weighted by Crippen LogP contribution is -2.07. The standard InChI is InChI=1S/C20H21N3O4/c1-4-23-17-10-5-13(2)11-16(17)19(20(23)25)22-21-18(24)12-27-15-8-6-14(26-3)7-9-15/h5-11,25H,4,12H2,1-3H3. The molecule has 140 valence electrons. The minimum absolute atomic E-state index is 0.00859. The normalized spacial score (nSPS) is 11.2. The summed E-state index contributed by atoms with van der Waals surface area (Å²) in [7, 11) is 1.58. The van der Waals surface area contributed by atoms with Gasteiger partial charge in [-0.05, 0) is 50.2 Å². The van der Waals surface area contributed by atoms with Crippen LogP contribution in [0.5, 0.6) is 17.4 Å². The zero-order chi connectivity index (χ0) is 19.4. The molecule has 0 saturated carbocycles. The highest BCUT2D eigenvalue weighted by Crippen LogP contribution is 2.39. The van der Waals surface area contributed by atoms with E-state index in [4.69, 9.17) is 9.47 Å². The van der Waals surface area contributed by atoms with Gasteiger partial charge in [-0.15, -0.1) is 10.2 Å². The summed E-state index contributed by atoms with van der Waals surface area (Å²) in [5.41, 5.74) is 2.16. The molecule has 1 amide bonds. The van der Waals surface area contributed by atoms with Gasteiger partial charge < -0.3 is 19.1 Å². The lowest BCUT2D eigenvalue weighted by Gasteiger charge is -2.04. The first-order chi connectivity index (χ1) is 13.0. The molecule has 0 unspecified atom stereocenters. The maximum absolute atomic E-state index is 12.0. The fourth-order valence-electron chi connectivity index (χ4n) is 2.81. The van der Waals surface area contributed by atoms with Gasteiger partial charge in [-0.2, -0.15) is 0 Å². The maximum atomic E-state index is 12.0. The number of hydrogen-bond acceptors (Lipinski definition) is 5. The number of carbonyl (C=O) groups excluding carboxylic acids is 1. The summed E-state index contributed by atoms with van der Waals surface area (Å²) < 4.78 is 12.2. The van der Waals surface area contributed by atoms with E-state index in [0.717, 1.165) is 16.5 Å². The van der Waals surface area contributed by atoms with Crippen molar-refractivity contribution in [1.82, 2.24) is 4.57 Å². The van der Waals surface area contributed by atoms with Crippen molar-refractivity contribution < 1.29 is 19.4 Å². The molecule has 3 aromatic rings. The van der Waals surface area contributed by atoms with Gasteiger partial charge in [0.2, 0.25) is 5.88 Å². The van der Waals surface area contributed by atoms with Crippen molar-refractivity contribution >= 4 is 22.5 Å². The number of aromatic hydroxyl groups is 1. The molecule has 0 fully saturated rings. The third-order valence-corrected chi connectivity index (χ3v) is 4.16. The van der Waals surface area contributed by atoms with E-state index in [-0.39, 0.29) is 18.2 Å². The molecule has 7 heteroatoms. The second-order valence-electron chi connectivity index (χ2n) is 6.00. The lowest BCUT2D eigenvalue weighted by atomic mass is 10.1. The SMILES string of the molecule is CCn1c(O)c(N=NC(=O)COc2ccc(OC)cc2)c2cc(C)ccc21. The number of aryl methyl sites for hydroxylation is 2. The van der Waals surface area contributed by atoms with Crippen molar-refractivity contribution in [1.29, 1.82) is 0 Å². The Labute approximate surface area is 156 Å². The molecule has 3 rings (SSSR count). The number of azo groups is 1. The number of rotatable bonds is 6. The van der Waals surface area contributed by atoms with Gasteiger partial charge >= 0.3 is 5.91 Å². The van der Waals surface area contributed by atoms with Crippen molar-refractivity contribution in [3.05, 3.63) is 48.0 Å². The van der Waals surface area contributed by atoms with Crippen molar-refractivity contribution in [2.45, 2.75) is 20.4 Å². The van der Waals surface area contributed by atoms with Crippen molar-refractivity contribution in [2.24, 2.45) is 10.2 Å². The number of ether oxygens (including phenoxy) is 2. The topological polar surface area (TPSA) is 85.4 Å². The van der Waals surface area contributed by atoms with Crippen LogP contribution in [0.3, 0.4) is 0 Å². The number of hydrogen-bond donors (Lipinski definition) is 1. The van der Waals surface area contributed by atoms with Crippen LogP contribution < -0.4 is 9.47 Å². The lowest BCUT2D eigenvalue weighted by molar-refractivity contribution is -0.120. The molecule has 0 spiro atoms. The van der Waals surface area contributed by atoms with Crippen LogP contribution >= 0.6 is 0 Å². The molecule has 1 N–H and O–H groups in total. The van der Waals surface area contributed by atoms with Gasteiger partial charge in [0, 0.05) is 11.9 Å². The molecule has 0 aliphatic heterocycles. The first-order valence-electron chi connectivity index (χ1n) is 8.56. The van der Waals surface area contributed by atoms with Crippen LogP contribution in [0.15, 0.2) is 52.7 Å². The zero-order valence-electron chi connectivity index (χ0n) is 15.5. The number of benzene rings is 2. The highest BCUT2D eigenvalue weighted by molar-refractivity contribution is 5.95. The zero-order valence-corrected chi connectivity index (χ0v) is 15.5. The summed E-state index contributed by atoms with van der Waals surface area (Å²) in [6, 6.07) is 12.7. The molecule has 27 heavy (non-hydrogen) atoms. The second-order valence-corrected chi connectivity index (χ2v) is 6.00. The number of amides is 1. The molecule has 0 aliphatic rings. The molecule has 0 aliphatic carbocycles. The summed E-state index contributed by atoms with van der Waals surface area (Å²) >= 11 is 0. The van der Waals surface area contributed by atoms with Gasteiger partial charge in [0.1, 0.15) is 11.5 Å². The predicted molar refractivity (Wildman–Crippen MR) is 102 cm³/mol. The number of carbonyl (C=O) groups is 1. The largest absolute Gasteiger partial charge is 0.497 e. The van der Waals surface area contributed by atoms with Gasteiger partial charge in [-0.1, -0.05) is 11.6 Å². The van der Waals surface area contributed by atoms with E-state index in [1.54, 1.807) is 35.9 Å². The van der Waals surface area contributed by atoms with E-state index in [1.165, 1.54) is 0 Å². The minimum atomic E-state index is -0.546. The number of nitrogens with zero attached hydrogens (tertiary/aromatic N) is 3. The van der Waals surface area contributed by atoms with E-state index in [0.29, 0.717) is 18.0 Å². The predicted octanol–water partition coefficient (Wildman–Crippen LogP) is 4.37. The van der Waals surface area contributed by atoms with E-state index in [9.17, 15) is 9.90 Å². The molecule has 2 aromatic carbocycles. The van der Waals surface area contributed by atoms with Crippen LogP contribution in [0.1, 0.15) is 12.5 Å². The van der Waals surface area contributed by atoms with E-state index in [2.05, 4.69) is 10.2 Å². The fourth-order valence-corrected chi connectivity index (χ4v) is 2.81. The second kappa shape index (κ2) is 7.90. The van der Waals surface area contributed by atoms with Crippen LogP contribution in [0.25, 0.3) is 10.9 Å². The van der Waals surface area contributed by atoms with E-state index >= 15 is 0 Å². The average Bonchev–Trinajstić information content (AvgIpc) is 2.95. The maximum Gasteiger partial charge on any atom is 0.302 e. The Hall–Kier alpha value is -3.35. The van der Waals surface area contributed by atoms with Crippen molar-refractivity contribution in [3.63, 3.8) is 0 Å². The number of aromatic nitrogens is 1. The molecule has 0 atom stereocenters. The Morgan fingerprint density at radius 1 is 1.15 bits per heavy atom. The number of methoxy groups -OCH3 is 1. The van der Waals surface area contributed by atoms with Gasteiger partial charge in [-0.25, -0.2) is 0 Å². The first kappa shape index (κ1) is 18.4. The molecule has 1 heterocycles. The summed E-state index contributed by atoms with van der Waals surface area (Å²) in [6.07, 6.45) is 0. The van der Waals surface area contributed by atoms with Gasteiger partial charge in [0.15, 0.2) is 12.3 Å². The Kier molecular flexibility index (Phi) is 5.40. The summed E-state index contributed by atoms with van der Waals surface area (Å²) in [4.78, 5) is 12.0. The van der Waals surface area contributed by atoms with Crippen LogP contribution in [-0.4, -0.2) is 29.3 Å². The Balaban J connectivity index is 1.75. The van der Waals surface area contributed by atoms with Crippen molar-refractivity contribution in [2.75, 3.05) is 13.7 Å². The highest BCUT2D eigenvalue weighted by Gasteiger charge is 2.16. The van der Waals surface area contributed by atoms with Gasteiger partial charge in [-0.3, -0.25) is 4.79 Å². The van der Waals surface area contributed by atoms with Crippen molar-refractivity contribution in [3.8, 4) is 17.4 Å². The minimum Gasteiger partial charge on any atom is -0.497 e. The van der Waals surface area contributed by atoms with Crippen LogP contribution in [-0.2, 0) is 11.3 Å². The monoisotopic (exact) mass is 367 g/mol. The Morgan fingerprint density at radius 3 is 2.52 bits per heavy atom. The van der Waals surface area contributed by atoms with Crippen LogP contribution in [0, 0.1) is 6.92 Å². The average molecular weight is 367 g/mol. The molecule has 7 nitrogen and oxygen atoms in total. The first-order valence-corrected chi connectivity index (χ1v) is 8.56. The van der Waals surface area contributed by atoms with Gasteiger partial charge in [0.05, 0.1) is 12.6 Å². The fraction of sp³-hybridized carbons (Fsp3) is 0.250. The quantitative estimate of drug-likeness (QED) is 0.656. The highest BCUT2D eigenvalue weighted by atomic mass is 16.5. The van der Waals surface area contributed by atoms with Crippen LogP contribution in [0.2, 0.25) is 0 Å². The van der Waals surface area contributed by atoms with E-state index < -0.39 is 5.91 Å². The summed E-state index contributed by atoms with van der Waals surface area (Å²) in [6.45, 7) is 4.21. The Morgan fingerprint density at radius 2 is 1.85 bits per heavy atom. The molecule has 0 bridgehead atoms. The number of fused-ring (bicyclic) bond motifs is 1. The smallest absolute Gasteiger partial charge is 0.302 e. The summed E-state index contributed by atoms with van der Waals surface area (Å²) in [5, 5.41) is 18.9. The Bertz CT molecular complexity index is 991. The molecule has 0 radical (unpaired) electrons. The van der Waals surface area contributed by atoms with E-state index in [1.807, 2.05) is 32.0 Å². The summed E-state index contributed by atoms with van der Waals surface area (Å²) in [5.74, 6) is 0.674. The molecular weight excluding hydrogens is 346 g/mol. The van der Waals surface area contributed by atoms with Gasteiger partial charge in [0.25, 0.3) is 0 Å². The molecule has 1 aromatic heterocycles.